The van der Waals surface area contributed by atoms with Gasteiger partial charge in [-0.2, -0.15) is 0 Å². The molecule has 0 spiro atoms. The second-order valence-electron chi connectivity index (χ2n) is 6.41. The van der Waals surface area contributed by atoms with E-state index in [2.05, 4.69) is 0 Å². The average Bonchev–Trinajstić information content (AvgIpc) is 3.26. The number of carbonyl (C=O) groups is 1. The lowest BCUT2D eigenvalue weighted by Crippen LogP contribution is -2.19. The molecule has 4 N–H and O–H groups in total. The Bertz CT molecular complexity index is 786. The number of allylic oxidation sites excluding steroid dienone is 1. The number of fused-ring (bicyclic) bond motifs is 2. The van der Waals surface area contributed by atoms with Crippen molar-refractivity contribution >= 4 is 23.6 Å². The average molecular weight is 383 g/mol. The summed E-state index contributed by atoms with van der Waals surface area (Å²) in [6.07, 6.45) is 2.91. The quantitative estimate of drug-likeness (QED) is 0.402. The normalized spacial score (nSPS) is 29.0. The minimum absolute atomic E-state index is 0.0874. The molecule has 26 heavy (non-hydrogen) atoms. The van der Waals surface area contributed by atoms with Crippen molar-refractivity contribution < 1.29 is 34.7 Å². The molecule has 0 aliphatic carbocycles. The number of phenolic OH excluding ortho intramolecular Hbond substituents is 2. The first kappa shape index (κ1) is 18.6. The summed E-state index contributed by atoms with van der Waals surface area (Å²) in [6, 6.07) is 0.931. The van der Waals surface area contributed by atoms with Crippen LogP contribution < -0.4 is 0 Å². The van der Waals surface area contributed by atoms with E-state index < -0.39 is 29.7 Å². The third kappa shape index (κ3) is 3.95. The van der Waals surface area contributed by atoms with Gasteiger partial charge in [-0.1, -0.05) is 17.7 Å². The SMILES string of the molecule is C[C@@H]1C[C@@H]2O[C@@H]2C[C@H](O)C=CC(O)=Cc2c(Cl)c(O)cc(O)c2C(=O)O1. The van der Waals surface area contributed by atoms with E-state index in [-0.39, 0.29) is 34.1 Å². The standard InChI is InChI=1S/C18H19ClO7/c1-8-4-14-15(26-14)6-10(21)3-2-9(20)5-11-16(18(24)25-8)12(22)7-13(23)17(11)19/h2-3,5,7-8,10,14-15,20-23H,4,6H2,1H3/t8-,10-,14+,15-/m1/s1. The van der Waals surface area contributed by atoms with E-state index in [4.69, 9.17) is 21.1 Å². The van der Waals surface area contributed by atoms with Crippen molar-refractivity contribution in [2.45, 2.75) is 44.2 Å². The van der Waals surface area contributed by atoms with Gasteiger partial charge in [-0.3, -0.25) is 0 Å². The highest BCUT2D eigenvalue weighted by Gasteiger charge is 2.41. The Morgan fingerprint density at radius 3 is 2.58 bits per heavy atom. The number of epoxide rings is 1. The Morgan fingerprint density at radius 2 is 1.85 bits per heavy atom. The summed E-state index contributed by atoms with van der Waals surface area (Å²) in [5.41, 5.74) is -0.360. The van der Waals surface area contributed by atoms with Crippen LogP contribution in [0.4, 0.5) is 0 Å². The molecule has 0 amide bonds. The second-order valence-corrected chi connectivity index (χ2v) is 6.79. The number of benzene rings is 1. The largest absolute Gasteiger partial charge is 0.508 e. The number of carbonyl (C=O) groups excluding carboxylic acids is 1. The molecule has 8 heteroatoms. The topological polar surface area (TPSA) is 120 Å². The number of rotatable bonds is 0. The minimum Gasteiger partial charge on any atom is -0.508 e. The lowest BCUT2D eigenvalue weighted by atomic mass is 10.0. The van der Waals surface area contributed by atoms with Crippen molar-refractivity contribution in [2.24, 2.45) is 0 Å². The molecule has 0 saturated carbocycles. The van der Waals surface area contributed by atoms with Crippen molar-refractivity contribution in [3.63, 3.8) is 0 Å². The Labute approximate surface area is 154 Å². The monoisotopic (exact) mass is 382 g/mol. The molecule has 1 aromatic carbocycles. The van der Waals surface area contributed by atoms with E-state index in [1.54, 1.807) is 6.92 Å². The molecule has 3 rings (SSSR count). The van der Waals surface area contributed by atoms with Gasteiger partial charge >= 0.3 is 5.97 Å². The van der Waals surface area contributed by atoms with Gasteiger partial charge < -0.3 is 29.9 Å². The number of phenols is 2. The zero-order chi connectivity index (χ0) is 19.0. The van der Waals surface area contributed by atoms with Gasteiger partial charge in [0.1, 0.15) is 28.9 Å². The molecule has 7 nitrogen and oxygen atoms in total. The molecular weight excluding hydrogens is 364 g/mol. The van der Waals surface area contributed by atoms with Crippen LogP contribution in [0.3, 0.4) is 0 Å². The molecule has 0 aromatic heterocycles. The Morgan fingerprint density at radius 1 is 1.15 bits per heavy atom. The fraction of sp³-hybridized carbons (Fsp3) is 0.389. The molecule has 140 valence electrons. The van der Waals surface area contributed by atoms with Crippen molar-refractivity contribution in [1.29, 1.82) is 0 Å². The Kier molecular flexibility index (Phi) is 5.13. The van der Waals surface area contributed by atoms with Crippen LogP contribution in [0.5, 0.6) is 11.5 Å². The van der Waals surface area contributed by atoms with Crippen LogP contribution in [-0.2, 0) is 9.47 Å². The lowest BCUT2D eigenvalue weighted by Gasteiger charge is -2.16. The smallest absolute Gasteiger partial charge is 0.342 e. The van der Waals surface area contributed by atoms with E-state index in [1.807, 2.05) is 0 Å². The van der Waals surface area contributed by atoms with E-state index in [0.29, 0.717) is 12.8 Å². The lowest BCUT2D eigenvalue weighted by molar-refractivity contribution is 0.0306. The van der Waals surface area contributed by atoms with Gasteiger partial charge in [0.2, 0.25) is 0 Å². The molecule has 1 saturated heterocycles. The zero-order valence-electron chi connectivity index (χ0n) is 13.9. The number of aliphatic hydroxyl groups excluding tert-OH is 2. The number of halogens is 1. The number of cyclic esters (lactones) is 1. The van der Waals surface area contributed by atoms with Crippen LogP contribution in [-0.4, -0.2) is 50.8 Å². The molecular formula is C18H19ClO7. The van der Waals surface area contributed by atoms with Gasteiger partial charge in [0.05, 0.1) is 23.3 Å². The molecule has 2 aliphatic rings. The Balaban J connectivity index is 2.06. The Hall–Kier alpha value is -2.22. The molecule has 2 aliphatic heterocycles. The highest BCUT2D eigenvalue weighted by Crippen LogP contribution is 2.38. The summed E-state index contributed by atoms with van der Waals surface area (Å²) in [4.78, 5) is 12.5. The van der Waals surface area contributed by atoms with E-state index in [9.17, 15) is 25.2 Å². The number of ether oxygens (including phenoxy) is 2. The maximum Gasteiger partial charge on any atom is 0.342 e. The summed E-state index contributed by atoms with van der Waals surface area (Å²) < 4.78 is 10.8. The number of aromatic hydroxyl groups is 2. The molecule has 1 fully saturated rings. The van der Waals surface area contributed by atoms with E-state index >= 15 is 0 Å². The molecule has 1 aromatic rings. The van der Waals surface area contributed by atoms with Crippen molar-refractivity contribution in [3.8, 4) is 11.5 Å². The number of hydrogen-bond donors (Lipinski definition) is 4. The minimum atomic E-state index is -0.839. The van der Waals surface area contributed by atoms with Gasteiger partial charge in [-0.15, -0.1) is 0 Å². The highest BCUT2D eigenvalue weighted by atomic mass is 35.5. The third-order valence-corrected chi connectivity index (χ3v) is 4.68. The van der Waals surface area contributed by atoms with Crippen LogP contribution in [0.1, 0.15) is 35.7 Å². The van der Waals surface area contributed by atoms with Gasteiger partial charge in [0.15, 0.2) is 0 Å². The molecule has 4 atom stereocenters. The summed E-state index contributed by atoms with van der Waals surface area (Å²) in [6.45, 7) is 1.69. The summed E-state index contributed by atoms with van der Waals surface area (Å²) in [5.74, 6) is -2.15. The maximum absolute atomic E-state index is 12.5. The second kappa shape index (κ2) is 7.19. The van der Waals surface area contributed by atoms with Gasteiger partial charge in [0.25, 0.3) is 0 Å². The molecule has 0 bridgehead atoms. The van der Waals surface area contributed by atoms with Crippen molar-refractivity contribution in [1.82, 2.24) is 0 Å². The predicted octanol–water partition coefficient (Wildman–Crippen LogP) is 2.67. The van der Waals surface area contributed by atoms with E-state index in [0.717, 1.165) is 12.1 Å². The van der Waals surface area contributed by atoms with Gasteiger partial charge in [-0.25, -0.2) is 4.79 Å². The van der Waals surface area contributed by atoms with Gasteiger partial charge in [0, 0.05) is 24.5 Å². The van der Waals surface area contributed by atoms with Crippen molar-refractivity contribution in [2.75, 3.05) is 0 Å². The molecule has 0 radical (unpaired) electrons. The fourth-order valence-corrected chi connectivity index (χ4v) is 3.14. The third-order valence-electron chi connectivity index (χ3n) is 4.28. The summed E-state index contributed by atoms with van der Waals surface area (Å²) >= 11 is 6.04. The van der Waals surface area contributed by atoms with Gasteiger partial charge in [-0.05, 0) is 19.1 Å². The fourth-order valence-electron chi connectivity index (χ4n) is 2.93. The van der Waals surface area contributed by atoms with Crippen LogP contribution in [0.2, 0.25) is 5.02 Å². The number of esters is 1. The first-order chi connectivity index (χ1) is 12.3. The first-order valence-corrected chi connectivity index (χ1v) is 8.52. The number of hydrogen-bond acceptors (Lipinski definition) is 7. The van der Waals surface area contributed by atoms with Crippen molar-refractivity contribution in [3.05, 3.63) is 40.1 Å². The number of aliphatic hydroxyl groups is 2. The molecule has 0 unspecified atom stereocenters. The highest BCUT2D eigenvalue weighted by molar-refractivity contribution is 6.34. The van der Waals surface area contributed by atoms with E-state index in [1.165, 1.54) is 12.2 Å². The summed E-state index contributed by atoms with van der Waals surface area (Å²) in [7, 11) is 0. The maximum atomic E-state index is 12.5. The molecule has 2 heterocycles. The summed E-state index contributed by atoms with van der Waals surface area (Å²) in [5, 5.41) is 39.7. The zero-order valence-corrected chi connectivity index (χ0v) is 14.7. The van der Waals surface area contributed by atoms with Crippen LogP contribution >= 0.6 is 11.6 Å². The first-order valence-electron chi connectivity index (χ1n) is 8.14. The predicted molar refractivity (Wildman–Crippen MR) is 93.3 cm³/mol. The van der Waals surface area contributed by atoms with Crippen LogP contribution in [0.15, 0.2) is 24.0 Å². The van der Waals surface area contributed by atoms with Crippen LogP contribution in [0.25, 0.3) is 6.08 Å². The van der Waals surface area contributed by atoms with Crippen LogP contribution in [0, 0.1) is 0 Å².